The molecule has 1 saturated heterocycles. The maximum absolute atomic E-state index is 6.65. The number of benzene rings is 1. The molecule has 0 amide bonds. The van der Waals surface area contributed by atoms with E-state index in [4.69, 9.17) is 9.47 Å². The Morgan fingerprint density at radius 3 is 2.82 bits per heavy atom. The minimum atomic E-state index is 0.166. The number of hydrogen-bond donors (Lipinski definition) is 0. The van der Waals surface area contributed by atoms with Gasteiger partial charge in [-0.05, 0) is 48.3 Å². The predicted molar refractivity (Wildman–Crippen MR) is 111 cm³/mol. The number of fused-ring (bicyclic) bond motifs is 1. The molecular formula is C23H31N2O2S+. The van der Waals surface area contributed by atoms with Gasteiger partial charge in [0.1, 0.15) is 36.7 Å². The summed E-state index contributed by atoms with van der Waals surface area (Å²) in [6.45, 7) is 6.48. The van der Waals surface area contributed by atoms with Gasteiger partial charge >= 0.3 is 0 Å². The van der Waals surface area contributed by atoms with Gasteiger partial charge < -0.3 is 9.47 Å². The van der Waals surface area contributed by atoms with E-state index in [-0.39, 0.29) is 5.44 Å². The highest BCUT2D eigenvalue weighted by molar-refractivity contribution is 7.99. The lowest BCUT2D eigenvalue weighted by atomic mass is 9.69. The zero-order chi connectivity index (χ0) is 19.4. The lowest BCUT2D eigenvalue weighted by Gasteiger charge is -2.47. The molecule has 2 saturated carbocycles. The van der Waals surface area contributed by atoms with Gasteiger partial charge in [0, 0.05) is 11.2 Å². The van der Waals surface area contributed by atoms with E-state index < -0.39 is 0 Å². The van der Waals surface area contributed by atoms with E-state index in [1.165, 1.54) is 30.6 Å². The van der Waals surface area contributed by atoms with Crippen LogP contribution in [0.2, 0.25) is 0 Å². The molecule has 2 heterocycles. The molecule has 0 N–H and O–H groups in total. The first-order valence-electron chi connectivity index (χ1n) is 10.5. The third kappa shape index (κ3) is 2.89. The predicted octanol–water partition coefficient (Wildman–Crippen LogP) is 4.35. The lowest BCUT2D eigenvalue weighted by Crippen LogP contribution is -2.45. The van der Waals surface area contributed by atoms with E-state index in [1.54, 1.807) is 0 Å². The molecule has 4 nitrogen and oxygen atoms in total. The molecule has 5 rings (SSSR count). The summed E-state index contributed by atoms with van der Waals surface area (Å²) in [5.41, 5.74) is 2.27. The van der Waals surface area contributed by atoms with Crippen molar-refractivity contribution in [2.24, 2.45) is 23.8 Å². The third-order valence-corrected chi connectivity index (χ3v) is 9.10. The number of rotatable bonds is 5. The van der Waals surface area contributed by atoms with Crippen LogP contribution in [0.3, 0.4) is 0 Å². The van der Waals surface area contributed by atoms with E-state index in [1.807, 2.05) is 29.6 Å². The smallest absolute Gasteiger partial charge is 0.243 e. The van der Waals surface area contributed by atoms with E-state index in [0.29, 0.717) is 23.5 Å². The SMILES string of the molecule is C[n+]1ccn(CCOc2ccc([C@@H]3O[C@@H]4C[C@H]5CC[C@]4(CS3)C5(C)C)cc2)c1. The Labute approximate surface area is 172 Å². The topological polar surface area (TPSA) is 27.3 Å². The van der Waals surface area contributed by atoms with Crippen LogP contribution in [0.4, 0.5) is 0 Å². The van der Waals surface area contributed by atoms with Crippen molar-refractivity contribution in [1.82, 2.24) is 4.57 Å². The monoisotopic (exact) mass is 399 g/mol. The molecule has 1 aromatic carbocycles. The number of aryl methyl sites for hydroxylation is 1. The maximum atomic E-state index is 6.65. The fourth-order valence-corrected chi connectivity index (χ4v) is 7.46. The van der Waals surface area contributed by atoms with E-state index >= 15 is 0 Å². The summed E-state index contributed by atoms with van der Waals surface area (Å²) >= 11 is 2.00. The molecular weight excluding hydrogens is 368 g/mol. The highest BCUT2D eigenvalue weighted by Crippen LogP contribution is 2.70. The zero-order valence-electron chi connectivity index (χ0n) is 17.1. The first-order chi connectivity index (χ1) is 13.5. The Balaban J connectivity index is 1.19. The van der Waals surface area contributed by atoms with Gasteiger partial charge in [-0.25, -0.2) is 9.13 Å². The van der Waals surface area contributed by atoms with Gasteiger partial charge in [0.15, 0.2) is 0 Å². The minimum absolute atomic E-state index is 0.166. The van der Waals surface area contributed by atoms with Crippen LogP contribution in [-0.4, -0.2) is 23.0 Å². The number of imidazole rings is 1. The molecule has 3 fully saturated rings. The Morgan fingerprint density at radius 1 is 1.29 bits per heavy atom. The molecule has 28 heavy (non-hydrogen) atoms. The Bertz CT molecular complexity index is 847. The second kappa shape index (κ2) is 6.81. The van der Waals surface area contributed by atoms with Crippen LogP contribution >= 0.6 is 11.8 Å². The average molecular weight is 400 g/mol. The van der Waals surface area contributed by atoms with Crippen LogP contribution < -0.4 is 9.30 Å². The summed E-state index contributed by atoms with van der Waals surface area (Å²) in [4.78, 5) is 0. The lowest BCUT2D eigenvalue weighted by molar-refractivity contribution is -0.671. The second-order valence-corrected chi connectivity index (χ2v) is 10.4. The molecule has 2 aliphatic carbocycles. The van der Waals surface area contributed by atoms with Crippen molar-refractivity contribution in [1.29, 1.82) is 0 Å². The highest BCUT2D eigenvalue weighted by atomic mass is 32.2. The summed E-state index contributed by atoms with van der Waals surface area (Å²) in [6.07, 6.45) is 10.6. The first kappa shape index (κ1) is 18.6. The first-order valence-corrected chi connectivity index (χ1v) is 11.5. The van der Waals surface area contributed by atoms with E-state index in [9.17, 15) is 0 Å². The van der Waals surface area contributed by atoms with Crippen LogP contribution in [0, 0.1) is 16.7 Å². The third-order valence-electron chi connectivity index (χ3n) is 7.73. The van der Waals surface area contributed by atoms with Gasteiger partial charge in [-0.1, -0.05) is 26.0 Å². The minimum Gasteiger partial charge on any atom is -0.489 e. The summed E-state index contributed by atoms with van der Waals surface area (Å²) in [5.74, 6) is 3.01. The molecule has 3 aliphatic rings. The fraction of sp³-hybridized carbons (Fsp3) is 0.609. The molecule has 5 heteroatoms. The van der Waals surface area contributed by atoms with Crippen molar-refractivity contribution in [3.63, 3.8) is 0 Å². The molecule has 1 aliphatic heterocycles. The maximum Gasteiger partial charge on any atom is 0.243 e. The van der Waals surface area contributed by atoms with Crippen molar-refractivity contribution in [2.45, 2.75) is 51.2 Å². The van der Waals surface area contributed by atoms with Gasteiger partial charge in [0.2, 0.25) is 6.33 Å². The van der Waals surface area contributed by atoms with Crippen molar-refractivity contribution in [3.05, 3.63) is 48.5 Å². The molecule has 2 bridgehead atoms. The zero-order valence-corrected chi connectivity index (χ0v) is 18.0. The van der Waals surface area contributed by atoms with Crippen LogP contribution in [0.25, 0.3) is 0 Å². The molecule has 4 atom stereocenters. The van der Waals surface area contributed by atoms with Crippen molar-refractivity contribution < 1.29 is 14.0 Å². The molecule has 0 unspecified atom stereocenters. The van der Waals surface area contributed by atoms with Gasteiger partial charge in [-0.2, -0.15) is 0 Å². The van der Waals surface area contributed by atoms with E-state index in [0.717, 1.165) is 18.2 Å². The summed E-state index contributed by atoms with van der Waals surface area (Å²) in [6, 6.07) is 8.53. The largest absolute Gasteiger partial charge is 0.489 e. The number of thioether (sulfide) groups is 1. The normalized spacial score (nSPS) is 33.0. The molecule has 0 radical (unpaired) electrons. The number of nitrogens with zero attached hydrogens (tertiary/aromatic N) is 2. The van der Waals surface area contributed by atoms with Gasteiger partial charge in [-0.3, -0.25) is 0 Å². The van der Waals surface area contributed by atoms with Crippen LogP contribution in [-0.2, 0) is 18.3 Å². The van der Waals surface area contributed by atoms with Crippen molar-refractivity contribution in [2.75, 3.05) is 12.4 Å². The Kier molecular flexibility index (Phi) is 4.51. The Morgan fingerprint density at radius 2 is 2.11 bits per heavy atom. The second-order valence-electron chi connectivity index (χ2n) is 9.35. The van der Waals surface area contributed by atoms with Gasteiger partial charge in [0.05, 0.1) is 13.2 Å². The van der Waals surface area contributed by atoms with E-state index in [2.05, 4.69) is 55.2 Å². The standard InChI is InChI=1S/C23H31N2O2S/c1-22(2)18-8-9-23(22)15-28-21(27-20(23)14-18)17-4-6-19(7-5-17)26-13-12-25-11-10-24(3)16-25/h4-7,10-11,16,18,20-21H,8-9,12-15H2,1-3H3/q+1/t18-,20-,21-,23-/m1/s1. The number of ether oxygens (including phenoxy) is 2. The van der Waals surface area contributed by atoms with Gasteiger partial charge in [0.25, 0.3) is 0 Å². The van der Waals surface area contributed by atoms with Gasteiger partial charge in [-0.15, -0.1) is 11.8 Å². The van der Waals surface area contributed by atoms with Crippen molar-refractivity contribution >= 4 is 11.8 Å². The number of hydrogen-bond acceptors (Lipinski definition) is 3. The fourth-order valence-electron chi connectivity index (χ4n) is 5.74. The van der Waals surface area contributed by atoms with Crippen LogP contribution in [0.5, 0.6) is 5.75 Å². The summed E-state index contributed by atoms with van der Waals surface area (Å²) in [5, 5.41) is 0. The summed E-state index contributed by atoms with van der Waals surface area (Å²) in [7, 11) is 2.03. The number of aromatic nitrogens is 2. The average Bonchev–Trinajstić information content (AvgIpc) is 3.28. The Hall–Kier alpha value is -1.46. The van der Waals surface area contributed by atoms with Crippen molar-refractivity contribution in [3.8, 4) is 5.75 Å². The van der Waals surface area contributed by atoms with Crippen LogP contribution in [0.15, 0.2) is 43.0 Å². The molecule has 2 aromatic rings. The summed E-state index contributed by atoms with van der Waals surface area (Å²) < 4.78 is 16.7. The van der Waals surface area contributed by atoms with Crippen LogP contribution in [0.1, 0.15) is 44.1 Å². The molecule has 1 spiro atoms. The highest BCUT2D eigenvalue weighted by Gasteiger charge is 2.66. The molecule has 1 aromatic heterocycles. The quantitative estimate of drug-likeness (QED) is 0.700. The molecule has 150 valence electrons.